The van der Waals surface area contributed by atoms with Crippen LogP contribution in [0.5, 0.6) is 0 Å². The maximum atomic E-state index is 11.8. The molecule has 0 spiro atoms. The smallest absolute Gasteiger partial charge is 0.325 e. The van der Waals surface area contributed by atoms with Gasteiger partial charge in [0.05, 0.1) is 12.7 Å². The minimum absolute atomic E-state index is 0.118. The van der Waals surface area contributed by atoms with Crippen LogP contribution >= 0.6 is 0 Å². The maximum absolute atomic E-state index is 11.8. The lowest BCUT2D eigenvalue weighted by Gasteiger charge is -2.25. The fraction of sp³-hybridized carbons (Fsp3) is 0.636. The average molecular weight is 269 g/mol. The van der Waals surface area contributed by atoms with Crippen molar-refractivity contribution in [3.63, 3.8) is 0 Å². The minimum atomic E-state index is -0.988. The fourth-order valence-corrected chi connectivity index (χ4v) is 1.65. The number of rotatable bonds is 6. The number of nitrogens with zero attached hydrogens (tertiary/aromatic N) is 4. The predicted octanol–water partition coefficient (Wildman–Crippen LogP) is 0.303. The van der Waals surface area contributed by atoms with E-state index in [2.05, 4.69) is 15.6 Å². The third-order valence-electron chi connectivity index (χ3n) is 2.53. The normalized spacial score (nSPS) is 10.5. The molecule has 8 nitrogen and oxygen atoms in total. The molecule has 1 aromatic rings. The number of aromatic nitrogens is 3. The van der Waals surface area contributed by atoms with Crippen LogP contribution in [0.4, 0.5) is 4.79 Å². The van der Waals surface area contributed by atoms with Gasteiger partial charge in [0, 0.05) is 12.6 Å². The number of urea groups is 1. The first kappa shape index (κ1) is 14.9. The quantitative estimate of drug-likeness (QED) is 0.773. The van der Waals surface area contributed by atoms with Crippen molar-refractivity contribution in [2.24, 2.45) is 0 Å². The lowest BCUT2D eigenvalue weighted by Crippen LogP contribution is -2.43. The fourth-order valence-electron chi connectivity index (χ4n) is 1.65. The molecule has 8 heteroatoms. The molecule has 2 amide bonds. The molecule has 1 heterocycles. The lowest BCUT2D eigenvalue weighted by molar-refractivity contribution is -0.137. The number of carbonyl (C=O) groups excluding carboxylic acids is 1. The molecule has 0 unspecified atom stereocenters. The predicted molar refractivity (Wildman–Crippen MR) is 67.4 cm³/mol. The second kappa shape index (κ2) is 6.72. The SMILES string of the molecule is CCN(C(=O)NCc1cn(CC(=O)O)nn1)C(C)C. The summed E-state index contributed by atoms with van der Waals surface area (Å²) in [7, 11) is 0. The molecular formula is C11H19N5O3. The minimum Gasteiger partial charge on any atom is -0.480 e. The standard InChI is InChI=1S/C11H19N5O3/c1-4-16(8(2)3)11(19)12-5-9-6-15(14-13-9)7-10(17)18/h6,8H,4-5,7H2,1-3H3,(H,12,19)(H,17,18). The zero-order chi connectivity index (χ0) is 14.4. The van der Waals surface area contributed by atoms with Crippen LogP contribution in [-0.4, -0.2) is 49.6 Å². The number of carboxylic acid groups (broad SMARTS) is 1. The average Bonchev–Trinajstić information content (AvgIpc) is 2.73. The van der Waals surface area contributed by atoms with E-state index in [4.69, 9.17) is 5.11 Å². The van der Waals surface area contributed by atoms with Crippen molar-refractivity contribution in [2.75, 3.05) is 6.54 Å². The highest BCUT2D eigenvalue weighted by Crippen LogP contribution is 1.99. The van der Waals surface area contributed by atoms with Crippen molar-refractivity contribution in [2.45, 2.75) is 39.9 Å². The molecule has 0 aliphatic rings. The largest absolute Gasteiger partial charge is 0.480 e. The van der Waals surface area contributed by atoms with Crippen LogP contribution < -0.4 is 5.32 Å². The number of nitrogens with one attached hydrogen (secondary N) is 1. The number of hydrogen-bond acceptors (Lipinski definition) is 4. The number of hydrogen-bond donors (Lipinski definition) is 2. The Morgan fingerprint density at radius 2 is 2.21 bits per heavy atom. The lowest BCUT2D eigenvalue weighted by atomic mass is 10.3. The second-order valence-corrected chi connectivity index (χ2v) is 4.34. The molecule has 2 N–H and O–H groups in total. The highest BCUT2D eigenvalue weighted by Gasteiger charge is 2.14. The Morgan fingerprint density at radius 1 is 1.53 bits per heavy atom. The summed E-state index contributed by atoms with van der Waals surface area (Å²) in [4.78, 5) is 24.0. The Bertz CT molecular complexity index is 443. The van der Waals surface area contributed by atoms with Gasteiger partial charge in [-0.25, -0.2) is 9.48 Å². The third kappa shape index (κ3) is 4.57. The molecule has 0 saturated heterocycles. The van der Waals surface area contributed by atoms with Crippen molar-refractivity contribution >= 4 is 12.0 Å². The van der Waals surface area contributed by atoms with Crippen molar-refractivity contribution in [1.29, 1.82) is 0 Å². The van der Waals surface area contributed by atoms with Gasteiger partial charge in [0.25, 0.3) is 0 Å². The van der Waals surface area contributed by atoms with Crippen LogP contribution in [0, 0.1) is 0 Å². The van der Waals surface area contributed by atoms with E-state index in [1.165, 1.54) is 10.9 Å². The zero-order valence-corrected chi connectivity index (χ0v) is 11.3. The van der Waals surface area contributed by atoms with Gasteiger partial charge < -0.3 is 15.3 Å². The van der Waals surface area contributed by atoms with E-state index >= 15 is 0 Å². The number of amides is 2. The van der Waals surface area contributed by atoms with E-state index in [0.29, 0.717) is 12.2 Å². The van der Waals surface area contributed by atoms with Gasteiger partial charge in [-0.15, -0.1) is 5.10 Å². The first-order chi connectivity index (χ1) is 8.93. The summed E-state index contributed by atoms with van der Waals surface area (Å²) in [6, 6.07) is -0.0574. The van der Waals surface area contributed by atoms with E-state index in [9.17, 15) is 9.59 Å². The molecule has 0 atom stereocenters. The Kier molecular flexibility index (Phi) is 5.28. The van der Waals surface area contributed by atoms with Crippen molar-refractivity contribution < 1.29 is 14.7 Å². The van der Waals surface area contributed by atoms with Crippen LogP contribution in [0.1, 0.15) is 26.5 Å². The summed E-state index contributed by atoms with van der Waals surface area (Å²) in [5.41, 5.74) is 0.523. The molecule has 0 radical (unpaired) electrons. The van der Waals surface area contributed by atoms with Crippen molar-refractivity contribution in [3.8, 4) is 0 Å². The molecule has 19 heavy (non-hydrogen) atoms. The summed E-state index contributed by atoms with van der Waals surface area (Å²) in [5.74, 6) is -0.988. The van der Waals surface area contributed by atoms with Gasteiger partial charge in [0.15, 0.2) is 0 Å². The van der Waals surface area contributed by atoms with E-state index in [-0.39, 0.29) is 25.2 Å². The van der Waals surface area contributed by atoms with Gasteiger partial charge in [-0.05, 0) is 20.8 Å². The van der Waals surface area contributed by atoms with E-state index in [1.807, 2.05) is 20.8 Å². The van der Waals surface area contributed by atoms with Crippen molar-refractivity contribution in [3.05, 3.63) is 11.9 Å². The Morgan fingerprint density at radius 3 is 2.74 bits per heavy atom. The Labute approximate surface area is 111 Å². The summed E-state index contributed by atoms with van der Waals surface area (Å²) in [5, 5.41) is 18.8. The monoisotopic (exact) mass is 269 g/mol. The van der Waals surface area contributed by atoms with Gasteiger partial charge >= 0.3 is 12.0 Å². The van der Waals surface area contributed by atoms with Crippen LogP contribution in [0.3, 0.4) is 0 Å². The summed E-state index contributed by atoms with van der Waals surface area (Å²) < 4.78 is 1.21. The molecule has 0 bridgehead atoms. The molecular weight excluding hydrogens is 250 g/mol. The molecule has 0 fully saturated rings. The number of aliphatic carboxylic acids is 1. The van der Waals surface area contributed by atoms with Gasteiger partial charge in [0.1, 0.15) is 12.2 Å². The molecule has 1 aromatic heterocycles. The highest BCUT2D eigenvalue weighted by atomic mass is 16.4. The van der Waals surface area contributed by atoms with Crippen molar-refractivity contribution in [1.82, 2.24) is 25.2 Å². The number of carbonyl (C=O) groups is 2. The molecule has 1 rings (SSSR count). The molecule has 0 aliphatic heterocycles. The zero-order valence-electron chi connectivity index (χ0n) is 11.3. The number of carboxylic acids is 1. The van der Waals surface area contributed by atoms with Crippen LogP contribution in [0.15, 0.2) is 6.20 Å². The Hall–Kier alpha value is -2.12. The van der Waals surface area contributed by atoms with Gasteiger partial charge in [-0.2, -0.15) is 0 Å². The van der Waals surface area contributed by atoms with E-state index < -0.39 is 5.97 Å². The second-order valence-electron chi connectivity index (χ2n) is 4.34. The third-order valence-corrected chi connectivity index (χ3v) is 2.53. The van der Waals surface area contributed by atoms with E-state index in [1.54, 1.807) is 4.90 Å². The van der Waals surface area contributed by atoms with Gasteiger partial charge in [0.2, 0.25) is 0 Å². The van der Waals surface area contributed by atoms with E-state index in [0.717, 1.165) is 0 Å². The van der Waals surface area contributed by atoms with Crippen LogP contribution in [-0.2, 0) is 17.9 Å². The molecule has 106 valence electrons. The summed E-state index contributed by atoms with van der Waals surface area (Å²) >= 11 is 0. The maximum Gasteiger partial charge on any atom is 0.325 e. The highest BCUT2D eigenvalue weighted by molar-refractivity contribution is 5.74. The first-order valence-corrected chi connectivity index (χ1v) is 6.09. The first-order valence-electron chi connectivity index (χ1n) is 6.09. The molecule has 0 aliphatic carbocycles. The Balaban J connectivity index is 2.50. The summed E-state index contributed by atoms with van der Waals surface area (Å²) in [6.45, 7) is 6.38. The van der Waals surface area contributed by atoms with Gasteiger partial charge in [-0.3, -0.25) is 4.79 Å². The topological polar surface area (TPSA) is 100 Å². The molecule has 0 aromatic carbocycles. The summed E-state index contributed by atoms with van der Waals surface area (Å²) in [6.07, 6.45) is 1.50. The van der Waals surface area contributed by atoms with Gasteiger partial charge in [-0.1, -0.05) is 5.21 Å². The van der Waals surface area contributed by atoms with Crippen LogP contribution in [0.25, 0.3) is 0 Å². The van der Waals surface area contributed by atoms with Crippen LogP contribution in [0.2, 0.25) is 0 Å². The molecule has 0 saturated carbocycles.